The molecule has 2 aromatic rings. The van der Waals surface area contributed by atoms with Gasteiger partial charge in [-0.05, 0) is 31.9 Å². The van der Waals surface area contributed by atoms with E-state index < -0.39 is 0 Å². The van der Waals surface area contributed by atoms with E-state index in [9.17, 15) is 0 Å². The Balaban J connectivity index is 2.08. The van der Waals surface area contributed by atoms with E-state index in [1.165, 1.54) is 0 Å². The number of aromatic nitrogens is 1. The van der Waals surface area contributed by atoms with Gasteiger partial charge in [0.05, 0.1) is 12.7 Å². The largest absolute Gasteiger partial charge is 0.491 e. The fourth-order valence-electron chi connectivity index (χ4n) is 1.82. The second kappa shape index (κ2) is 6.02. The number of unbranched alkanes of at least 4 members (excludes halogenated alkanes) is 2. The van der Waals surface area contributed by atoms with Gasteiger partial charge in [-0.25, -0.2) is 4.98 Å². The molecule has 0 saturated carbocycles. The number of hydrogen-bond acceptors (Lipinski definition) is 3. The van der Waals surface area contributed by atoms with Crippen molar-refractivity contribution in [1.82, 2.24) is 4.98 Å². The van der Waals surface area contributed by atoms with Gasteiger partial charge in [0.15, 0.2) is 0 Å². The van der Waals surface area contributed by atoms with Crippen LogP contribution < -0.4 is 4.74 Å². The van der Waals surface area contributed by atoms with Crippen LogP contribution in [0.15, 0.2) is 30.3 Å². The molecule has 0 spiro atoms. The number of pyridine rings is 1. The summed E-state index contributed by atoms with van der Waals surface area (Å²) in [6.45, 7) is 2.61. The van der Waals surface area contributed by atoms with Gasteiger partial charge in [-0.15, -0.1) is 0 Å². The molecule has 0 aliphatic heterocycles. The predicted octanol–water partition coefficient (Wildman–Crippen LogP) is 3.62. The normalized spacial score (nSPS) is 10.2. The zero-order chi connectivity index (χ0) is 12.8. The third-order valence-electron chi connectivity index (χ3n) is 2.76. The average Bonchev–Trinajstić information content (AvgIpc) is 2.39. The number of ether oxygens (including phenoxy) is 1. The van der Waals surface area contributed by atoms with E-state index in [0.29, 0.717) is 13.0 Å². The summed E-state index contributed by atoms with van der Waals surface area (Å²) in [5, 5.41) is 9.55. The summed E-state index contributed by atoms with van der Waals surface area (Å²) in [5.41, 5.74) is 1.90. The van der Waals surface area contributed by atoms with Crippen molar-refractivity contribution in [2.24, 2.45) is 0 Å². The van der Waals surface area contributed by atoms with E-state index in [4.69, 9.17) is 10.00 Å². The number of fused-ring (bicyclic) bond motifs is 1. The topological polar surface area (TPSA) is 45.9 Å². The van der Waals surface area contributed by atoms with Gasteiger partial charge >= 0.3 is 0 Å². The van der Waals surface area contributed by atoms with Crippen LogP contribution in [-0.4, -0.2) is 11.6 Å². The molecule has 0 fully saturated rings. The highest BCUT2D eigenvalue weighted by Crippen LogP contribution is 2.24. The summed E-state index contributed by atoms with van der Waals surface area (Å²) in [6.07, 6.45) is 2.37. The molecule has 3 heteroatoms. The van der Waals surface area contributed by atoms with Crippen LogP contribution in [0.1, 0.15) is 25.0 Å². The maximum atomic E-state index is 8.45. The highest BCUT2D eigenvalue weighted by atomic mass is 16.5. The van der Waals surface area contributed by atoms with Gasteiger partial charge in [0, 0.05) is 17.5 Å². The fourth-order valence-corrected chi connectivity index (χ4v) is 1.82. The van der Waals surface area contributed by atoms with Gasteiger partial charge in [-0.3, -0.25) is 0 Å². The number of benzene rings is 1. The molecule has 1 heterocycles. The SMILES string of the molecule is Cc1ccc2cccc(OCCCCC#N)c2n1. The Hall–Kier alpha value is -2.08. The van der Waals surface area contributed by atoms with Gasteiger partial charge in [0.25, 0.3) is 0 Å². The number of nitriles is 1. The number of aryl methyl sites for hydroxylation is 1. The highest BCUT2D eigenvalue weighted by molar-refractivity contribution is 5.84. The minimum atomic E-state index is 0.594. The lowest BCUT2D eigenvalue weighted by Crippen LogP contribution is -1.98. The van der Waals surface area contributed by atoms with Crippen molar-refractivity contribution in [1.29, 1.82) is 5.26 Å². The molecule has 0 amide bonds. The smallest absolute Gasteiger partial charge is 0.145 e. The third kappa shape index (κ3) is 2.98. The second-order valence-electron chi connectivity index (χ2n) is 4.24. The lowest BCUT2D eigenvalue weighted by atomic mass is 10.2. The summed E-state index contributed by atoms with van der Waals surface area (Å²) in [6, 6.07) is 12.1. The highest BCUT2D eigenvalue weighted by Gasteiger charge is 2.03. The monoisotopic (exact) mass is 240 g/mol. The second-order valence-corrected chi connectivity index (χ2v) is 4.24. The van der Waals surface area contributed by atoms with Gasteiger partial charge < -0.3 is 4.74 Å². The summed E-state index contributed by atoms with van der Waals surface area (Å²) >= 11 is 0. The molecule has 0 N–H and O–H groups in total. The van der Waals surface area contributed by atoms with E-state index in [1.54, 1.807) is 0 Å². The van der Waals surface area contributed by atoms with Crippen molar-refractivity contribution in [3.8, 4) is 11.8 Å². The maximum Gasteiger partial charge on any atom is 0.145 e. The zero-order valence-corrected chi connectivity index (χ0v) is 10.5. The van der Waals surface area contributed by atoms with Crippen LogP contribution in [0, 0.1) is 18.3 Å². The third-order valence-corrected chi connectivity index (χ3v) is 2.76. The number of hydrogen-bond donors (Lipinski definition) is 0. The number of rotatable bonds is 5. The first-order valence-electron chi connectivity index (χ1n) is 6.17. The molecule has 92 valence electrons. The summed E-state index contributed by atoms with van der Waals surface area (Å²) in [5.74, 6) is 0.827. The molecular formula is C15H16N2O. The molecule has 0 bridgehead atoms. The molecule has 0 saturated heterocycles. The van der Waals surface area contributed by atoms with Crippen LogP contribution in [0.5, 0.6) is 5.75 Å². The summed E-state index contributed by atoms with van der Waals surface area (Å²) in [4.78, 5) is 4.51. The first-order valence-corrected chi connectivity index (χ1v) is 6.17. The maximum absolute atomic E-state index is 8.45. The number of para-hydroxylation sites is 1. The van der Waals surface area contributed by atoms with E-state index in [2.05, 4.69) is 17.1 Å². The molecule has 1 aromatic heterocycles. The van der Waals surface area contributed by atoms with Crippen molar-refractivity contribution >= 4 is 10.9 Å². The molecule has 0 atom stereocenters. The first kappa shape index (κ1) is 12.4. The van der Waals surface area contributed by atoms with Gasteiger partial charge in [0.2, 0.25) is 0 Å². The zero-order valence-electron chi connectivity index (χ0n) is 10.5. The molecule has 0 aliphatic carbocycles. The van der Waals surface area contributed by atoms with Crippen LogP contribution in [0.25, 0.3) is 10.9 Å². The minimum absolute atomic E-state index is 0.594. The Morgan fingerprint density at radius 2 is 2.11 bits per heavy atom. The molecule has 18 heavy (non-hydrogen) atoms. The standard InChI is InChI=1S/C15H16N2O/c1-12-8-9-13-6-5-7-14(15(13)17-12)18-11-4-2-3-10-16/h5-9H,2-4,11H2,1H3. The molecule has 0 aliphatic rings. The summed E-state index contributed by atoms with van der Waals surface area (Å²) in [7, 11) is 0. The van der Waals surface area contributed by atoms with Crippen LogP contribution in [-0.2, 0) is 0 Å². The minimum Gasteiger partial charge on any atom is -0.491 e. The van der Waals surface area contributed by atoms with Crippen LogP contribution >= 0.6 is 0 Å². The van der Waals surface area contributed by atoms with Crippen LogP contribution in [0.3, 0.4) is 0 Å². The van der Waals surface area contributed by atoms with Crippen molar-refractivity contribution in [3.63, 3.8) is 0 Å². The Kier molecular flexibility index (Phi) is 4.14. The van der Waals surface area contributed by atoms with E-state index in [0.717, 1.165) is 35.2 Å². The number of nitrogens with zero attached hydrogens (tertiary/aromatic N) is 2. The quantitative estimate of drug-likeness (QED) is 0.750. The fraction of sp³-hybridized carbons (Fsp3) is 0.333. The van der Waals surface area contributed by atoms with Crippen molar-refractivity contribution in [3.05, 3.63) is 36.0 Å². The first-order chi connectivity index (χ1) is 8.81. The molecule has 0 radical (unpaired) electrons. The molecule has 1 aromatic carbocycles. The van der Waals surface area contributed by atoms with Crippen LogP contribution in [0.2, 0.25) is 0 Å². The Morgan fingerprint density at radius 1 is 1.22 bits per heavy atom. The van der Waals surface area contributed by atoms with Crippen molar-refractivity contribution < 1.29 is 4.74 Å². The Bertz CT molecular complexity index is 572. The van der Waals surface area contributed by atoms with Gasteiger partial charge in [0.1, 0.15) is 11.3 Å². The van der Waals surface area contributed by atoms with E-state index in [1.807, 2.05) is 31.2 Å². The van der Waals surface area contributed by atoms with E-state index in [-0.39, 0.29) is 0 Å². The Morgan fingerprint density at radius 3 is 2.94 bits per heavy atom. The predicted molar refractivity (Wildman–Crippen MR) is 71.4 cm³/mol. The lowest BCUT2D eigenvalue weighted by molar-refractivity contribution is 0.310. The lowest BCUT2D eigenvalue weighted by Gasteiger charge is -2.08. The summed E-state index contributed by atoms with van der Waals surface area (Å²) < 4.78 is 5.75. The molecular weight excluding hydrogens is 224 g/mol. The van der Waals surface area contributed by atoms with Crippen molar-refractivity contribution in [2.45, 2.75) is 26.2 Å². The van der Waals surface area contributed by atoms with Gasteiger partial charge in [-0.1, -0.05) is 18.2 Å². The van der Waals surface area contributed by atoms with E-state index >= 15 is 0 Å². The van der Waals surface area contributed by atoms with Crippen molar-refractivity contribution in [2.75, 3.05) is 6.61 Å². The Labute approximate surface area is 107 Å². The van der Waals surface area contributed by atoms with Gasteiger partial charge in [-0.2, -0.15) is 5.26 Å². The van der Waals surface area contributed by atoms with Crippen LogP contribution in [0.4, 0.5) is 0 Å². The molecule has 0 unspecified atom stereocenters. The average molecular weight is 240 g/mol. The molecule has 2 rings (SSSR count). The molecule has 3 nitrogen and oxygen atoms in total.